The van der Waals surface area contributed by atoms with Gasteiger partial charge in [0.05, 0.1) is 29.3 Å². The second-order valence-corrected chi connectivity index (χ2v) is 6.56. The van der Waals surface area contributed by atoms with E-state index in [-0.39, 0.29) is 35.1 Å². The molecule has 0 radical (unpaired) electrons. The average molecular weight is 354 g/mol. The molecule has 3 unspecified atom stereocenters. The third-order valence-corrected chi connectivity index (χ3v) is 5.23. The first-order valence-corrected chi connectivity index (χ1v) is 8.31. The van der Waals surface area contributed by atoms with E-state index in [4.69, 9.17) is 4.74 Å². The number of ether oxygens (including phenoxy) is 1. The summed E-state index contributed by atoms with van der Waals surface area (Å²) < 4.78 is 5.09. The monoisotopic (exact) mass is 354 g/mol. The minimum absolute atomic E-state index is 0.00266. The summed E-state index contributed by atoms with van der Waals surface area (Å²) in [6.07, 6.45) is 4.73. The van der Waals surface area contributed by atoms with Gasteiger partial charge >= 0.3 is 0 Å². The maximum Gasteiger partial charge on any atom is 0.275 e. The van der Waals surface area contributed by atoms with Gasteiger partial charge in [0, 0.05) is 12.0 Å². The molecule has 0 spiro atoms. The van der Waals surface area contributed by atoms with Crippen molar-refractivity contribution < 1.29 is 19.9 Å². The van der Waals surface area contributed by atoms with Gasteiger partial charge in [0.15, 0.2) is 11.5 Å². The fourth-order valence-corrected chi connectivity index (χ4v) is 4.06. The van der Waals surface area contributed by atoms with Crippen LogP contribution in [0.2, 0.25) is 0 Å². The van der Waals surface area contributed by atoms with Crippen LogP contribution < -0.4 is 10.1 Å². The number of nitrogens with zero attached hydrogens (tertiary/aromatic N) is 1. The topological polar surface area (TPSA) is 105 Å². The first-order chi connectivity index (χ1) is 12.5. The van der Waals surface area contributed by atoms with E-state index in [0.717, 1.165) is 12.0 Å². The molecular weight excluding hydrogens is 336 g/mol. The van der Waals surface area contributed by atoms with Crippen LogP contribution in [-0.2, 0) is 0 Å². The summed E-state index contributed by atoms with van der Waals surface area (Å²) in [5, 5.41) is 35.2. The van der Waals surface area contributed by atoms with Gasteiger partial charge in [0.1, 0.15) is 5.75 Å². The van der Waals surface area contributed by atoms with E-state index in [1.807, 2.05) is 18.2 Å². The zero-order chi connectivity index (χ0) is 18.4. The molecule has 7 nitrogen and oxygen atoms in total. The van der Waals surface area contributed by atoms with Crippen LogP contribution in [0.1, 0.15) is 29.5 Å². The number of allylic oxidation sites excluding steroid dienone is 2. The van der Waals surface area contributed by atoms with Crippen molar-refractivity contribution >= 4 is 11.4 Å². The highest BCUT2D eigenvalue weighted by Gasteiger charge is 2.42. The molecule has 1 aliphatic heterocycles. The molecule has 134 valence electrons. The van der Waals surface area contributed by atoms with Crippen LogP contribution >= 0.6 is 0 Å². The van der Waals surface area contributed by atoms with Crippen molar-refractivity contribution in [2.24, 2.45) is 5.92 Å². The molecule has 0 bridgehead atoms. The Hall–Kier alpha value is -3.22. The van der Waals surface area contributed by atoms with Crippen molar-refractivity contribution in [3.63, 3.8) is 0 Å². The number of hydrogen-bond donors (Lipinski definition) is 3. The van der Waals surface area contributed by atoms with E-state index in [2.05, 4.69) is 5.32 Å². The van der Waals surface area contributed by atoms with Crippen LogP contribution in [-0.4, -0.2) is 22.2 Å². The number of phenols is 2. The Balaban J connectivity index is 1.84. The number of fused-ring (bicyclic) bond motifs is 3. The van der Waals surface area contributed by atoms with Crippen LogP contribution in [0.15, 0.2) is 42.5 Å². The van der Waals surface area contributed by atoms with Crippen LogP contribution in [0, 0.1) is 16.0 Å². The zero-order valence-electron chi connectivity index (χ0n) is 14.0. The van der Waals surface area contributed by atoms with Gasteiger partial charge in [-0.25, -0.2) is 0 Å². The number of nitro groups is 1. The molecule has 2 aromatic rings. The standard InChI is InChI=1S/C19H18N2O5/c1-26-16-8-5-10(9-15(16)23)18-12-4-2-3-11(12)17-13(21(24)25)6-7-14(22)19(17)20-18/h2-3,5-9,11-12,18,20,22-23H,4H2,1H3. The molecule has 3 atom stereocenters. The molecule has 0 amide bonds. The second kappa shape index (κ2) is 5.94. The van der Waals surface area contributed by atoms with Crippen molar-refractivity contribution in [2.75, 3.05) is 12.4 Å². The third kappa shape index (κ3) is 2.35. The van der Waals surface area contributed by atoms with Gasteiger partial charge in [0.2, 0.25) is 0 Å². The minimum Gasteiger partial charge on any atom is -0.506 e. The maximum absolute atomic E-state index is 11.5. The van der Waals surface area contributed by atoms with Crippen molar-refractivity contribution in [3.05, 3.63) is 63.7 Å². The first kappa shape index (κ1) is 16.3. The summed E-state index contributed by atoms with van der Waals surface area (Å²) in [5.74, 6) is 0.267. The zero-order valence-corrected chi connectivity index (χ0v) is 14.0. The minimum atomic E-state index is -0.414. The van der Waals surface area contributed by atoms with Gasteiger partial charge in [0.25, 0.3) is 5.69 Å². The van der Waals surface area contributed by atoms with Gasteiger partial charge in [-0.15, -0.1) is 0 Å². The molecule has 0 saturated carbocycles. The molecule has 3 N–H and O–H groups in total. The Bertz CT molecular complexity index is 924. The molecule has 0 saturated heterocycles. The number of anilines is 1. The van der Waals surface area contributed by atoms with Crippen LogP contribution in [0.3, 0.4) is 0 Å². The fraction of sp³-hybridized carbons (Fsp3) is 0.263. The smallest absolute Gasteiger partial charge is 0.275 e. The molecule has 26 heavy (non-hydrogen) atoms. The average Bonchev–Trinajstić information content (AvgIpc) is 3.11. The lowest BCUT2D eigenvalue weighted by Gasteiger charge is -2.37. The second-order valence-electron chi connectivity index (χ2n) is 6.56. The number of nitrogens with one attached hydrogen (secondary N) is 1. The highest BCUT2D eigenvalue weighted by Crippen LogP contribution is 2.55. The number of rotatable bonds is 3. The third-order valence-electron chi connectivity index (χ3n) is 5.23. The van der Waals surface area contributed by atoms with E-state index in [9.17, 15) is 20.3 Å². The molecule has 7 heteroatoms. The van der Waals surface area contributed by atoms with Crippen molar-refractivity contribution in [3.8, 4) is 17.2 Å². The van der Waals surface area contributed by atoms with Crippen molar-refractivity contribution in [2.45, 2.75) is 18.4 Å². The lowest BCUT2D eigenvalue weighted by molar-refractivity contribution is -0.385. The van der Waals surface area contributed by atoms with Crippen molar-refractivity contribution in [1.29, 1.82) is 0 Å². The lowest BCUT2D eigenvalue weighted by Crippen LogP contribution is -2.29. The molecular formula is C19H18N2O5. The molecule has 1 heterocycles. The number of aromatic hydroxyl groups is 2. The van der Waals surface area contributed by atoms with Gasteiger partial charge in [-0.3, -0.25) is 10.1 Å². The van der Waals surface area contributed by atoms with E-state index in [1.54, 1.807) is 12.1 Å². The van der Waals surface area contributed by atoms with Gasteiger partial charge in [-0.2, -0.15) is 0 Å². The van der Waals surface area contributed by atoms with Crippen LogP contribution in [0.5, 0.6) is 17.2 Å². The van der Waals surface area contributed by atoms with Gasteiger partial charge < -0.3 is 20.3 Å². The molecule has 1 aliphatic carbocycles. The van der Waals surface area contributed by atoms with E-state index in [1.165, 1.54) is 19.2 Å². The van der Waals surface area contributed by atoms with E-state index < -0.39 is 4.92 Å². The SMILES string of the molecule is COc1ccc(C2Nc3c(O)ccc([N+](=O)[O-])c3C3C=CCC32)cc1O. The Morgan fingerprint density at radius 1 is 1.23 bits per heavy atom. The number of hydrogen-bond acceptors (Lipinski definition) is 6. The summed E-state index contributed by atoms with van der Waals surface area (Å²) in [7, 11) is 1.48. The fourth-order valence-electron chi connectivity index (χ4n) is 4.06. The number of phenolic OH excluding ortho intramolecular Hbond substituents is 2. The quantitative estimate of drug-likeness (QED) is 0.335. The Morgan fingerprint density at radius 3 is 2.73 bits per heavy atom. The summed E-state index contributed by atoms with van der Waals surface area (Å²) in [4.78, 5) is 11.1. The van der Waals surface area contributed by atoms with Crippen LogP contribution in [0.4, 0.5) is 11.4 Å². The van der Waals surface area contributed by atoms with E-state index in [0.29, 0.717) is 17.0 Å². The summed E-state index contributed by atoms with van der Waals surface area (Å²) in [6, 6.07) is 7.65. The predicted molar refractivity (Wildman–Crippen MR) is 95.8 cm³/mol. The maximum atomic E-state index is 11.5. The highest BCUT2D eigenvalue weighted by molar-refractivity contribution is 5.73. The largest absolute Gasteiger partial charge is 0.506 e. The molecule has 2 aliphatic rings. The predicted octanol–water partition coefficient (Wildman–Crippen LogP) is 3.84. The van der Waals surface area contributed by atoms with Crippen LogP contribution in [0.25, 0.3) is 0 Å². The lowest BCUT2D eigenvalue weighted by atomic mass is 9.76. The van der Waals surface area contributed by atoms with Crippen molar-refractivity contribution in [1.82, 2.24) is 0 Å². The van der Waals surface area contributed by atoms with E-state index >= 15 is 0 Å². The molecule has 0 fully saturated rings. The number of benzene rings is 2. The summed E-state index contributed by atoms with van der Waals surface area (Å²) in [5.41, 5.74) is 1.73. The van der Waals surface area contributed by atoms with Gasteiger partial charge in [-0.1, -0.05) is 18.2 Å². The molecule has 0 aromatic heterocycles. The molecule has 4 rings (SSSR count). The number of methoxy groups -OCH3 is 1. The Labute approximate surface area is 149 Å². The Morgan fingerprint density at radius 2 is 2.04 bits per heavy atom. The normalized spacial score (nSPS) is 23.0. The summed E-state index contributed by atoms with van der Waals surface area (Å²) in [6.45, 7) is 0. The first-order valence-electron chi connectivity index (χ1n) is 8.31. The number of nitro benzene ring substituents is 1. The molecule has 2 aromatic carbocycles. The Kier molecular flexibility index (Phi) is 3.72. The summed E-state index contributed by atoms with van der Waals surface area (Å²) >= 11 is 0. The highest BCUT2D eigenvalue weighted by atomic mass is 16.6. The van der Waals surface area contributed by atoms with Gasteiger partial charge in [-0.05, 0) is 36.1 Å².